The van der Waals surface area contributed by atoms with E-state index in [2.05, 4.69) is 0 Å². The molecular weight excluding hydrogens is 309 g/mol. The van der Waals surface area contributed by atoms with E-state index in [-0.39, 0.29) is 5.91 Å². The molecule has 0 bridgehead atoms. The highest BCUT2D eigenvalue weighted by Gasteiger charge is 2.40. The number of hydrogen-bond acceptors (Lipinski definition) is 2. The van der Waals surface area contributed by atoms with Crippen LogP contribution in [-0.2, 0) is 16.0 Å². The summed E-state index contributed by atoms with van der Waals surface area (Å²) in [6.07, 6.45) is -3.14. The third-order valence-electron chi connectivity index (χ3n) is 3.91. The van der Waals surface area contributed by atoms with Gasteiger partial charge in [-0.25, -0.2) is 0 Å². The van der Waals surface area contributed by atoms with Crippen molar-refractivity contribution in [3.05, 3.63) is 35.9 Å². The molecule has 0 saturated carbocycles. The van der Waals surface area contributed by atoms with Crippen LogP contribution in [-0.4, -0.2) is 42.0 Å². The summed E-state index contributed by atoms with van der Waals surface area (Å²) in [6, 6.07) is 9.11. The number of hydrogen-bond donors (Lipinski definition) is 1. The summed E-state index contributed by atoms with van der Waals surface area (Å²) < 4.78 is 36.6. The lowest BCUT2D eigenvalue weighted by molar-refractivity contribution is -0.174. The molecule has 1 heterocycles. The number of piperidine rings is 1. The van der Waals surface area contributed by atoms with E-state index in [1.807, 2.05) is 35.6 Å². The Morgan fingerprint density at radius 3 is 2.30 bits per heavy atom. The molecule has 0 aliphatic carbocycles. The summed E-state index contributed by atoms with van der Waals surface area (Å²) in [4.78, 5) is 24.7. The van der Waals surface area contributed by atoms with Crippen LogP contribution >= 0.6 is 0 Å². The first-order valence-corrected chi connectivity index (χ1v) is 7.55. The molecule has 1 saturated heterocycles. The molecule has 23 heavy (non-hydrogen) atoms. The fourth-order valence-corrected chi connectivity index (χ4v) is 2.59. The van der Waals surface area contributed by atoms with E-state index >= 15 is 0 Å². The Bertz CT molecular complexity index is 538. The molecule has 1 aliphatic rings. The lowest BCUT2D eigenvalue weighted by atomic mass is 10.0. The number of carbonyl (C=O) groups excluding carboxylic acids is 2. The van der Waals surface area contributed by atoms with E-state index < -0.39 is 18.1 Å². The van der Waals surface area contributed by atoms with Crippen LogP contribution in [0.15, 0.2) is 30.3 Å². The number of benzene rings is 1. The van der Waals surface area contributed by atoms with Crippen molar-refractivity contribution in [3.63, 3.8) is 0 Å². The highest BCUT2D eigenvalue weighted by Crippen LogP contribution is 2.18. The third kappa shape index (κ3) is 5.26. The molecule has 1 aliphatic heterocycles. The number of nitrogens with one attached hydrogen (secondary N) is 1. The van der Waals surface area contributed by atoms with Crippen molar-refractivity contribution in [1.82, 2.24) is 10.2 Å². The molecule has 0 unspecified atom stereocenters. The lowest BCUT2D eigenvalue weighted by Gasteiger charge is -2.32. The van der Waals surface area contributed by atoms with Crippen molar-refractivity contribution in [2.24, 2.45) is 0 Å². The fourth-order valence-electron chi connectivity index (χ4n) is 2.59. The van der Waals surface area contributed by atoms with Crippen molar-refractivity contribution < 1.29 is 22.8 Å². The second kappa shape index (κ2) is 7.48. The van der Waals surface area contributed by atoms with Crippen LogP contribution in [0.3, 0.4) is 0 Å². The number of alkyl halides is 3. The molecule has 1 aromatic rings. The summed E-state index contributed by atoms with van der Waals surface area (Å²) in [6.45, 7) is 0.743. The number of amides is 2. The van der Waals surface area contributed by atoms with Gasteiger partial charge in [-0.2, -0.15) is 13.2 Å². The van der Waals surface area contributed by atoms with Crippen molar-refractivity contribution in [1.29, 1.82) is 0 Å². The molecule has 1 fully saturated rings. The molecule has 0 aromatic heterocycles. The van der Waals surface area contributed by atoms with Gasteiger partial charge in [0.1, 0.15) is 0 Å². The molecule has 1 N–H and O–H groups in total. The fraction of sp³-hybridized carbons (Fsp3) is 0.500. The van der Waals surface area contributed by atoms with Crippen LogP contribution in [0.25, 0.3) is 0 Å². The van der Waals surface area contributed by atoms with Crippen molar-refractivity contribution in [2.45, 2.75) is 37.9 Å². The van der Waals surface area contributed by atoms with Crippen molar-refractivity contribution >= 4 is 11.8 Å². The predicted molar refractivity (Wildman–Crippen MR) is 78.6 cm³/mol. The van der Waals surface area contributed by atoms with Gasteiger partial charge in [0.15, 0.2) is 0 Å². The van der Waals surface area contributed by atoms with E-state index in [4.69, 9.17) is 0 Å². The number of nitrogens with zero attached hydrogens (tertiary/aromatic N) is 1. The molecule has 2 rings (SSSR count). The van der Waals surface area contributed by atoms with Gasteiger partial charge in [0.05, 0.1) is 0 Å². The maximum atomic E-state index is 12.2. The Labute approximate surface area is 132 Å². The summed E-state index contributed by atoms with van der Waals surface area (Å²) in [5.74, 6) is -1.92. The first-order valence-electron chi connectivity index (χ1n) is 7.55. The number of aryl methyl sites for hydroxylation is 1. The van der Waals surface area contributed by atoms with Crippen molar-refractivity contribution in [3.8, 4) is 0 Å². The Hall–Kier alpha value is -2.05. The number of rotatable bonds is 4. The van der Waals surface area contributed by atoms with Gasteiger partial charge in [0, 0.05) is 25.6 Å². The number of halogens is 3. The van der Waals surface area contributed by atoms with E-state index in [1.54, 1.807) is 4.90 Å². The van der Waals surface area contributed by atoms with Gasteiger partial charge in [-0.1, -0.05) is 30.3 Å². The molecule has 0 radical (unpaired) electrons. The molecule has 0 spiro atoms. The normalized spacial score (nSPS) is 16.2. The lowest BCUT2D eigenvalue weighted by Crippen LogP contribution is -2.49. The number of likely N-dealkylation sites (tertiary alicyclic amines) is 1. The quantitative estimate of drug-likeness (QED) is 0.922. The van der Waals surface area contributed by atoms with E-state index in [0.29, 0.717) is 38.8 Å². The Balaban J connectivity index is 1.73. The molecular formula is C16H19F3N2O2. The zero-order valence-corrected chi connectivity index (χ0v) is 12.6. The molecule has 7 heteroatoms. The summed E-state index contributed by atoms with van der Waals surface area (Å²) in [5, 5.41) is 1.97. The standard InChI is InChI=1S/C16H19F3N2O2/c17-16(18,19)15(23)20-13-8-10-21(11-9-13)14(22)7-6-12-4-2-1-3-5-12/h1-5,13H,6-11H2,(H,20,23). The SMILES string of the molecule is O=C(CCc1ccccc1)N1CCC(NC(=O)C(F)(F)F)CC1. The first-order chi connectivity index (χ1) is 10.9. The maximum Gasteiger partial charge on any atom is 0.471 e. The van der Waals surface area contributed by atoms with Gasteiger partial charge in [0.25, 0.3) is 0 Å². The topological polar surface area (TPSA) is 49.4 Å². The van der Waals surface area contributed by atoms with Crippen molar-refractivity contribution in [2.75, 3.05) is 13.1 Å². The van der Waals surface area contributed by atoms with Gasteiger partial charge < -0.3 is 10.2 Å². The van der Waals surface area contributed by atoms with Gasteiger partial charge in [0.2, 0.25) is 5.91 Å². The van der Waals surface area contributed by atoms with E-state index in [1.165, 1.54) is 0 Å². The minimum absolute atomic E-state index is 0.00514. The largest absolute Gasteiger partial charge is 0.471 e. The smallest absolute Gasteiger partial charge is 0.345 e. The minimum Gasteiger partial charge on any atom is -0.345 e. The van der Waals surface area contributed by atoms with Crippen LogP contribution in [0.5, 0.6) is 0 Å². The monoisotopic (exact) mass is 328 g/mol. The highest BCUT2D eigenvalue weighted by molar-refractivity contribution is 5.82. The molecule has 1 aromatic carbocycles. The van der Waals surface area contributed by atoms with Crippen LogP contribution in [0.4, 0.5) is 13.2 Å². The van der Waals surface area contributed by atoms with Crippen LogP contribution in [0, 0.1) is 0 Å². The first kappa shape index (κ1) is 17.3. The summed E-state index contributed by atoms with van der Waals surface area (Å²) in [5.41, 5.74) is 1.08. The van der Waals surface area contributed by atoms with Gasteiger partial charge in [-0.3, -0.25) is 9.59 Å². The van der Waals surface area contributed by atoms with E-state index in [0.717, 1.165) is 5.56 Å². The molecule has 0 atom stereocenters. The zero-order valence-electron chi connectivity index (χ0n) is 12.6. The Kier molecular flexibility index (Phi) is 5.63. The maximum absolute atomic E-state index is 12.2. The summed E-state index contributed by atoms with van der Waals surface area (Å²) >= 11 is 0. The Morgan fingerprint density at radius 1 is 1.13 bits per heavy atom. The molecule has 4 nitrogen and oxygen atoms in total. The molecule has 126 valence electrons. The highest BCUT2D eigenvalue weighted by atomic mass is 19.4. The summed E-state index contributed by atoms with van der Waals surface area (Å²) in [7, 11) is 0. The van der Waals surface area contributed by atoms with Crippen LogP contribution in [0.1, 0.15) is 24.8 Å². The third-order valence-corrected chi connectivity index (χ3v) is 3.91. The van der Waals surface area contributed by atoms with Gasteiger partial charge >= 0.3 is 12.1 Å². The average Bonchev–Trinajstić information content (AvgIpc) is 2.53. The van der Waals surface area contributed by atoms with Gasteiger partial charge in [-0.15, -0.1) is 0 Å². The van der Waals surface area contributed by atoms with Crippen LogP contribution in [0.2, 0.25) is 0 Å². The minimum atomic E-state index is -4.86. The zero-order chi connectivity index (χ0) is 16.9. The van der Waals surface area contributed by atoms with Crippen LogP contribution < -0.4 is 5.32 Å². The second-order valence-electron chi connectivity index (χ2n) is 5.61. The molecule has 2 amide bonds. The average molecular weight is 328 g/mol. The number of carbonyl (C=O) groups is 2. The van der Waals surface area contributed by atoms with E-state index in [9.17, 15) is 22.8 Å². The van der Waals surface area contributed by atoms with Gasteiger partial charge in [-0.05, 0) is 24.8 Å². The predicted octanol–water partition coefficient (Wildman–Crippen LogP) is 2.29. The second-order valence-corrected chi connectivity index (χ2v) is 5.61. The Morgan fingerprint density at radius 2 is 1.74 bits per heavy atom.